The topological polar surface area (TPSA) is 0 Å². The fraction of sp³-hybridized carbons (Fsp3) is 0.0769. The van der Waals surface area contributed by atoms with Gasteiger partial charge in [-0.05, 0) is 23.3 Å². The molecule has 0 aliphatic heterocycles. The van der Waals surface area contributed by atoms with Gasteiger partial charge in [-0.25, -0.2) is 0 Å². The van der Waals surface area contributed by atoms with Crippen molar-refractivity contribution in [1.82, 2.24) is 0 Å². The number of halogens is 2. The van der Waals surface area contributed by atoms with E-state index in [0.717, 1.165) is 11.1 Å². The van der Waals surface area contributed by atoms with Crippen molar-refractivity contribution in [2.24, 2.45) is 0 Å². The Morgan fingerprint density at radius 3 is 1.93 bits per heavy atom. The lowest BCUT2D eigenvalue weighted by molar-refractivity contribution is 1.62. The van der Waals surface area contributed by atoms with Gasteiger partial charge in [0.2, 0.25) is 0 Å². The van der Waals surface area contributed by atoms with Crippen LogP contribution in [0.25, 0.3) is 11.1 Å². The number of hydrogen-bond acceptors (Lipinski definition) is 0. The molecule has 2 heteroatoms. The van der Waals surface area contributed by atoms with E-state index in [-0.39, 0.29) is 7.43 Å². The van der Waals surface area contributed by atoms with Crippen molar-refractivity contribution in [3.63, 3.8) is 0 Å². The Morgan fingerprint density at radius 1 is 0.667 bits per heavy atom. The Labute approximate surface area is 100 Å². The molecule has 0 unspecified atom stereocenters. The van der Waals surface area contributed by atoms with Gasteiger partial charge in [-0.3, -0.25) is 0 Å². The van der Waals surface area contributed by atoms with Crippen LogP contribution in [0.5, 0.6) is 0 Å². The molecular formula is C13H12Cl2. The largest absolute Gasteiger partial charge is 0.0827 e. The van der Waals surface area contributed by atoms with E-state index < -0.39 is 0 Å². The van der Waals surface area contributed by atoms with Crippen molar-refractivity contribution >= 4 is 23.2 Å². The summed E-state index contributed by atoms with van der Waals surface area (Å²) in [6, 6.07) is 15.7. The molecule has 0 heterocycles. The van der Waals surface area contributed by atoms with Gasteiger partial charge in [0.15, 0.2) is 0 Å². The van der Waals surface area contributed by atoms with Gasteiger partial charge in [0, 0.05) is 0 Å². The predicted molar refractivity (Wildman–Crippen MR) is 68.6 cm³/mol. The van der Waals surface area contributed by atoms with Gasteiger partial charge in [0.05, 0.1) is 10.0 Å². The van der Waals surface area contributed by atoms with Gasteiger partial charge in [-0.1, -0.05) is 67.0 Å². The molecule has 0 spiro atoms. The molecule has 2 aromatic carbocycles. The molecule has 0 fully saturated rings. The summed E-state index contributed by atoms with van der Waals surface area (Å²) in [5, 5.41) is 1.18. The van der Waals surface area contributed by atoms with E-state index in [9.17, 15) is 0 Å². The second-order valence-corrected chi connectivity index (χ2v) is 3.81. The van der Waals surface area contributed by atoms with Gasteiger partial charge >= 0.3 is 0 Å². The average molecular weight is 239 g/mol. The fourth-order valence-electron chi connectivity index (χ4n) is 1.31. The van der Waals surface area contributed by atoms with E-state index >= 15 is 0 Å². The molecule has 0 atom stereocenters. The lowest BCUT2D eigenvalue weighted by atomic mass is 10.1. The molecule has 0 aliphatic rings. The minimum atomic E-state index is 0. The van der Waals surface area contributed by atoms with Crippen LogP contribution in [0.4, 0.5) is 0 Å². The monoisotopic (exact) mass is 238 g/mol. The lowest BCUT2D eigenvalue weighted by Crippen LogP contribution is -1.77. The summed E-state index contributed by atoms with van der Waals surface area (Å²) in [7, 11) is 0. The van der Waals surface area contributed by atoms with E-state index in [1.165, 1.54) is 0 Å². The van der Waals surface area contributed by atoms with Crippen molar-refractivity contribution in [2.45, 2.75) is 7.43 Å². The molecule has 78 valence electrons. The SMILES string of the molecule is C.Clc1ccc(-c2ccccc2)cc1Cl. The molecule has 0 saturated heterocycles. The van der Waals surface area contributed by atoms with Gasteiger partial charge in [0.1, 0.15) is 0 Å². The summed E-state index contributed by atoms with van der Waals surface area (Å²) in [4.78, 5) is 0. The molecule has 0 aliphatic carbocycles. The van der Waals surface area contributed by atoms with Crippen LogP contribution >= 0.6 is 23.2 Å². The summed E-state index contributed by atoms with van der Waals surface area (Å²) in [6.07, 6.45) is 0. The minimum absolute atomic E-state index is 0. The molecular weight excluding hydrogens is 227 g/mol. The highest BCUT2D eigenvalue weighted by molar-refractivity contribution is 6.42. The van der Waals surface area contributed by atoms with Crippen LogP contribution in [0.3, 0.4) is 0 Å². The summed E-state index contributed by atoms with van der Waals surface area (Å²) < 4.78 is 0. The molecule has 15 heavy (non-hydrogen) atoms. The molecule has 0 aromatic heterocycles. The molecule has 0 saturated carbocycles. The Balaban J connectivity index is 0.00000112. The first-order valence-corrected chi connectivity index (χ1v) is 5.03. The quantitative estimate of drug-likeness (QED) is 0.633. The highest BCUT2D eigenvalue weighted by atomic mass is 35.5. The van der Waals surface area contributed by atoms with E-state index in [1.54, 1.807) is 0 Å². The maximum atomic E-state index is 5.93. The minimum Gasteiger partial charge on any atom is -0.0827 e. The Bertz CT molecular complexity index is 436. The maximum Gasteiger partial charge on any atom is 0.0598 e. The van der Waals surface area contributed by atoms with Crippen LogP contribution in [0.2, 0.25) is 10.0 Å². The summed E-state index contributed by atoms with van der Waals surface area (Å²) in [6.45, 7) is 0. The highest BCUT2D eigenvalue weighted by Crippen LogP contribution is 2.28. The van der Waals surface area contributed by atoms with E-state index in [2.05, 4.69) is 0 Å². The van der Waals surface area contributed by atoms with Crippen molar-refractivity contribution in [3.05, 3.63) is 58.6 Å². The standard InChI is InChI=1S/C12H8Cl2.CH4/c13-11-7-6-10(8-12(11)14)9-4-2-1-3-5-9;/h1-8H;1H4. The van der Waals surface area contributed by atoms with Gasteiger partial charge in [0.25, 0.3) is 0 Å². The van der Waals surface area contributed by atoms with Crippen molar-refractivity contribution < 1.29 is 0 Å². The first-order valence-electron chi connectivity index (χ1n) is 4.28. The maximum absolute atomic E-state index is 5.93. The van der Waals surface area contributed by atoms with Gasteiger partial charge in [-0.15, -0.1) is 0 Å². The van der Waals surface area contributed by atoms with Crippen molar-refractivity contribution in [1.29, 1.82) is 0 Å². The summed E-state index contributed by atoms with van der Waals surface area (Å²) in [5.74, 6) is 0. The molecule has 0 bridgehead atoms. The molecule has 2 aromatic rings. The van der Waals surface area contributed by atoms with Crippen LogP contribution < -0.4 is 0 Å². The number of rotatable bonds is 1. The van der Waals surface area contributed by atoms with Crippen molar-refractivity contribution in [3.8, 4) is 11.1 Å². The third kappa shape index (κ3) is 2.74. The molecule has 0 radical (unpaired) electrons. The summed E-state index contributed by atoms with van der Waals surface area (Å²) in [5.41, 5.74) is 2.23. The Kier molecular flexibility index (Phi) is 4.19. The third-order valence-electron chi connectivity index (χ3n) is 2.03. The van der Waals surface area contributed by atoms with Crippen LogP contribution in [-0.4, -0.2) is 0 Å². The Morgan fingerprint density at radius 2 is 1.33 bits per heavy atom. The van der Waals surface area contributed by atoms with Crippen LogP contribution in [0.15, 0.2) is 48.5 Å². The first-order chi connectivity index (χ1) is 6.77. The van der Waals surface area contributed by atoms with Crippen LogP contribution in [0, 0.1) is 0 Å². The second kappa shape index (κ2) is 5.20. The van der Waals surface area contributed by atoms with Crippen molar-refractivity contribution in [2.75, 3.05) is 0 Å². The van der Waals surface area contributed by atoms with E-state index in [0.29, 0.717) is 10.0 Å². The first kappa shape index (κ1) is 12.1. The number of benzene rings is 2. The predicted octanol–water partition coefficient (Wildman–Crippen LogP) is 5.30. The molecule has 2 rings (SSSR count). The van der Waals surface area contributed by atoms with Crippen LogP contribution in [0.1, 0.15) is 7.43 Å². The zero-order chi connectivity index (χ0) is 9.97. The van der Waals surface area contributed by atoms with E-state index in [4.69, 9.17) is 23.2 Å². The second-order valence-electron chi connectivity index (χ2n) is 2.99. The average Bonchev–Trinajstić information content (AvgIpc) is 2.23. The molecule has 0 N–H and O–H groups in total. The molecule has 0 nitrogen and oxygen atoms in total. The van der Waals surface area contributed by atoms with Gasteiger partial charge < -0.3 is 0 Å². The zero-order valence-electron chi connectivity index (χ0n) is 7.37. The fourth-order valence-corrected chi connectivity index (χ4v) is 1.60. The zero-order valence-corrected chi connectivity index (χ0v) is 8.89. The Hall–Kier alpha value is -0.980. The molecule has 0 amide bonds. The number of hydrogen-bond donors (Lipinski definition) is 0. The van der Waals surface area contributed by atoms with E-state index in [1.807, 2.05) is 48.5 Å². The lowest BCUT2D eigenvalue weighted by Gasteiger charge is -2.02. The van der Waals surface area contributed by atoms with Gasteiger partial charge in [-0.2, -0.15) is 0 Å². The summed E-state index contributed by atoms with van der Waals surface area (Å²) >= 11 is 11.8. The van der Waals surface area contributed by atoms with Crippen LogP contribution in [-0.2, 0) is 0 Å². The highest BCUT2D eigenvalue weighted by Gasteiger charge is 2.00. The smallest absolute Gasteiger partial charge is 0.0598 e. The normalized spacial score (nSPS) is 9.47. The third-order valence-corrected chi connectivity index (χ3v) is 2.77.